The average Bonchev–Trinajstić information content (AvgIpc) is 2.38. The normalized spacial score (nSPS) is 17.4. The van der Waals surface area contributed by atoms with Crippen LogP contribution in [-0.4, -0.2) is 31.1 Å². The molecule has 1 heterocycles. The molecule has 0 aliphatic carbocycles. The lowest BCUT2D eigenvalue weighted by atomic mass is 9.95. The Hall–Kier alpha value is -0.280. The first-order valence-electron chi connectivity index (χ1n) is 6.77. The summed E-state index contributed by atoms with van der Waals surface area (Å²) in [6.45, 7) is 9.23. The fraction of sp³-hybridized carbons (Fsp3) is 0.600. The SMILES string of the molecule is CC(C)C[C@@H](c1ccccc1)N1CCNCC1.Cl.Cl. The van der Waals surface area contributed by atoms with Crippen molar-refractivity contribution in [3.05, 3.63) is 35.9 Å². The van der Waals surface area contributed by atoms with E-state index in [1.165, 1.54) is 25.1 Å². The summed E-state index contributed by atoms with van der Waals surface area (Å²) in [6.07, 6.45) is 1.25. The molecule has 1 aliphatic rings. The van der Waals surface area contributed by atoms with E-state index in [0.29, 0.717) is 6.04 Å². The van der Waals surface area contributed by atoms with Crippen LogP contribution < -0.4 is 5.32 Å². The van der Waals surface area contributed by atoms with E-state index in [1.54, 1.807) is 0 Å². The van der Waals surface area contributed by atoms with Gasteiger partial charge in [-0.1, -0.05) is 44.2 Å². The van der Waals surface area contributed by atoms with E-state index in [9.17, 15) is 0 Å². The molecule has 0 radical (unpaired) electrons. The Morgan fingerprint density at radius 3 is 2.16 bits per heavy atom. The lowest BCUT2D eigenvalue weighted by Crippen LogP contribution is -2.45. The van der Waals surface area contributed by atoms with Crippen molar-refractivity contribution in [1.82, 2.24) is 10.2 Å². The number of hydrogen-bond donors (Lipinski definition) is 1. The maximum absolute atomic E-state index is 3.43. The molecular formula is C15H26Cl2N2. The van der Waals surface area contributed by atoms with Crippen LogP contribution in [0.4, 0.5) is 0 Å². The summed E-state index contributed by atoms with van der Waals surface area (Å²) >= 11 is 0. The van der Waals surface area contributed by atoms with Crippen LogP contribution in [-0.2, 0) is 0 Å². The van der Waals surface area contributed by atoms with E-state index in [0.717, 1.165) is 19.0 Å². The van der Waals surface area contributed by atoms with Crippen LogP contribution in [0.5, 0.6) is 0 Å². The molecule has 2 nitrogen and oxygen atoms in total. The number of benzene rings is 1. The molecule has 1 saturated heterocycles. The highest BCUT2D eigenvalue weighted by molar-refractivity contribution is 5.85. The first-order chi connectivity index (χ1) is 8.27. The van der Waals surface area contributed by atoms with Crippen molar-refractivity contribution >= 4 is 24.8 Å². The Bertz CT molecular complexity index is 324. The maximum atomic E-state index is 3.43. The summed E-state index contributed by atoms with van der Waals surface area (Å²) in [7, 11) is 0. The minimum absolute atomic E-state index is 0. The van der Waals surface area contributed by atoms with E-state index < -0.39 is 0 Å². The van der Waals surface area contributed by atoms with E-state index in [1.807, 2.05) is 0 Å². The summed E-state index contributed by atoms with van der Waals surface area (Å²) in [4.78, 5) is 2.63. The van der Waals surface area contributed by atoms with Crippen molar-refractivity contribution in [3.8, 4) is 0 Å². The van der Waals surface area contributed by atoms with Gasteiger partial charge in [-0.15, -0.1) is 24.8 Å². The van der Waals surface area contributed by atoms with Gasteiger partial charge in [0.1, 0.15) is 0 Å². The summed E-state index contributed by atoms with van der Waals surface area (Å²) < 4.78 is 0. The van der Waals surface area contributed by atoms with Crippen LogP contribution in [0.3, 0.4) is 0 Å². The van der Waals surface area contributed by atoms with Gasteiger partial charge >= 0.3 is 0 Å². The molecule has 1 fully saturated rings. The minimum Gasteiger partial charge on any atom is -0.314 e. The Morgan fingerprint density at radius 2 is 1.63 bits per heavy atom. The van der Waals surface area contributed by atoms with E-state index in [4.69, 9.17) is 0 Å². The molecule has 1 aromatic carbocycles. The molecule has 0 spiro atoms. The molecule has 0 bridgehead atoms. The van der Waals surface area contributed by atoms with Gasteiger partial charge in [0.05, 0.1) is 0 Å². The maximum Gasteiger partial charge on any atom is 0.0351 e. The second kappa shape index (κ2) is 9.60. The summed E-state index contributed by atoms with van der Waals surface area (Å²) in [5.41, 5.74) is 1.48. The topological polar surface area (TPSA) is 15.3 Å². The predicted octanol–water partition coefficient (Wildman–Crippen LogP) is 3.52. The van der Waals surface area contributed by atoms with Crippen molar-refractivity contribution in [3.63, 3.8) is 0 Å². The van der Waals surface area contributed by atoms with Crippen LogP contribution in [0.25, 0.3) is 0 Å². The van der Waals surface area contributed by atoms with Crippen molar-refractivity contribution in [2.75, 3.05) is 26.2 Å². The number of rotatable bonds is 4. The molecule has 110 valence electrons. The summed E-state index contributed by atoms with van der Waals surface area (Å²) in [5.74, 6) is 0.745. The van der Waals surface area contributed by atoms with E-state index in [2.05, 4.69) is 54.4 Å². The Morgan fingerprint density at radius 1 is 1.05 bits per heavy atom. The minimum atomic E-state index is 0. The fourth-order valence-corrected chi connectivity index (χ4v) is 2.61. The van der Waals surface area contributed by atoms with Gasteiger partial charge in [0.15, 0.2) is 0 Å². The number of halogens is 2. The molecule has 0 saturated carbocycles. The second-order valence-corrected chi connectivity index (χ2v) is 5.34. The zero-order chi connectivity index (χ0) is 12.1. The molecule has 0 aromatic heterocycles. The van der Waals surface area contributed by atoms with Crippen LogP contribution >= 0.6 is 24.8 Å². The summed E-state index contributed by atoms with van der Waals surface area (Å²) in [6, 6.07) is 11.6. The third-order valence-electron chi connectivity index (χ3n) is 3.47. The number of piperazine rings is 1. The second-order valence-electron chi connectivity index (χ2n) is 5.34. The number of nitrogens with zero attached hydrogens (tertiary/aromatic N) is 1. The summed E-state index contributed by atoms with van der Waals surface area (Å²) in [5, 5.41) is 3.43. The third-order valence-corrected chi connectivity index (χ3v) is 3.47. The molecule has 1 aliphatic heterocycles. The number of hydrogen-bond acceptors (Lipinski definition) is 2. The largest absolute Gasteiger partial charge is 0.314 e. The first-order valence-corrected chi connectivity index (χ1v) is 6.77. The molecule has 4 heteroatoms. The molecule has 0 amide bonds. The van der Waals surface area contributed by atoms with Gasteiger partial charge in [-0.05, 0) is 17.9 Å². The zero-order valence-corrected chi connectivity index (χ0v) is 13.5. The molecular weight excluding hydrogens is 279 g/mol. The van der Waals surface area contributed by atoms with Crippen LogP contribution in [0.15, 0.2) is 30.3 Å². The quantitative estimate of drug-likeness (QED) is 0.915. The van der Waals surface area contributed by atoms with Gasteiger partial charge < -0.3 is 5.32 Å². The number of nitrogens with one attached hydrogen (secondary N) is 1. The van der Waals surface area contributed by atoms with Gasteiger partial charge in [-0.25, -0.2) is 0 Å². The molecule has 0 unspecified atom stereocenters. The fourth-order valence-electron chi connectivity index (χ4n) is 2.61. The highest BCUT2D eigenvalue weighted by Gasteiger charge is 2.22. The van der Waals surface area contributed by atoms with Gasteiger partial charge in [0.2, 0.25) is 0 Å². The van der Waals surface area contributed by atoms with E-state index >= 15 is 0 Å². The van der Waals surface area contributed by atoms with E-state index in [-0.39, 0.29) is 24.8 Å². The standard InChI is InChI=1S/C15H24N2.2ClH/c1-13(2)12-15(14-6-4-3-5-7-14)17-10-8-16-9-11-17;;/h3-7,13,15-16H,8-12H2,1-2H3;2*1H/t15-;;/m0../s1. The molecule has 1 N–H and O–H groups in total. The van der Waals surface area contributed by atoms with Crippen molar-refractivity contribution in [2.45, 2.75) is 26.3 Å². The van der Waals surface area contributed by atoms with Crippen LogP contribution in [0, 0.1) is 5.92 Å². The van der Waals surface area contributed by atoms with Gasteiger partial charge in [-0.2, -0.15) is 0 Å². The molecule has 1 atom stereocenters. The molecule has 19 heavy (non-hydrogen) atoms. The Labute approximate surface area is 129 Å². The average molecular weight is 305 g/mol. The highest BCUT2D eigenvalue weighted by Crippen LogP contribution is 2.27. The molecule has 2 rings (SSSR count). The smallest absolute Gasteiger partial charge is 0.0351 e. The van der Waals surface area contributed by atoms with Crippen molar-refractivity contribution < 1.29 is 0 Å². The van der Waals surface area contributed by atoms with Gasteiger partial charge in [-0.3, -0.25) is 4.90 Å². The lowest BCUT2D eigenvalue weighted by molar-refractivity contribution is 0.154. The Kier molecular flexibility index (Phi) is 9.46. The van der Waals surface area contributed by atoms with Crippen molar-refractivity contribution in [1.29, 1.82) is 0 Å². The monoisotopic (exact) mass is 304 g/mol. The first kappa shape index (κ1) is 18.7. The third kappa shape index (κ3) is 5.70. The van der Waals surface area contributed by atoms with Crippen molar-refractivity contribution in [2.24, 2.45) is 5.92 Å². The predicted molar refractivity (Wildman–Crippen MR) is 87.6 cm³/mol. The van der Waals surface area contributed by atoms with Crippen LogP contribution in [0.2, 0.25) is 0 Å². The molecule has 1 aromatic rings. The Balaban J connectivity index is 0.00000162. The van der Waals surface area contributed by atoms with Gasteiger partial charge in [0.25, 0.3) is 0 Å². The lowest BCUT2D eigenvalue weighted by Gasteiger charge is -2.36. The van der Waals surface area contributed by atoms with Crippen LogP contribution in [0.1, 0.15) is 31.9 Å². The zero-order valence-electron chi connectivity index (χ0n) is 11.8. The highest BCUT2D eigenvalue weighted by atomic mass is 35.5. The van der Waals surface area contributed by atoms with Gasteiger partial charge in [0, 0.05) is 32.2 Å².